The van der Waals surface area contributed by atoms with Crippen molar-refractivity contribution in [3.8, 4) is 17.2 Å². The third kappa shape index (κ3) is 3.13. The highest BCUT2D eigenvalue weighted by molar-refractivity contribution is 7.17. The molecule has 0 bridgehead atoms. The maximum atomic E-state index is 11.3. The highest BCUT2D eigenvalue weighted by Gasteiger charge is 2.12. The molecule has 0 N–H and O–H groups in total. The topological polar surface area (TPSA) is 52.3 Å². The van der Waals surface area contributed by atoms with Crippen LogP contribution in [0.25, 0.3) is 21.5 Å². The molecule has 0 saturated heterocycles. The number of aldehydes is 1. The van der Waals surface area contributed by atoms with Gasteiger partial charge in [-0.05, 0) is 42.5 Å². The molecule has 4 nitrogen and oxygen atoms in total. The van der Waals surface area contributed by atoms with Crippen LogP contribution >= 0.6 is 11.3 Å². The molecule has 2 aromatic heterocycles. The zero-order chi connectivity index (χ0) is 26.6. The van der Waals surface area contributed by atoms with Gasteiger partial charge in [-0.15, -0.1) is 11.3 Å². The van der Waals surface area contributed by atoms with Gasteiger partial charge in [-0.2, -0.15) is 0 Å². The summed E-state index contributed by atoms with van der Waals surface area (Å²) >= 11 is 1.28. The van der Waals surface area contributed by atoms with E-state index in [0.717, 1.165) is 0 Å². The minimum Gasteiger partial charge on any atom is -0.493 e. The minimum atomic E-state index is -2.88. The van der Waals surface area contributed by atoms with Crippen molar-refractivity contribution >= 4 is 27.7 Å². The standard InChI is InChI=1S/C21H17NO3S/c1-14-18(22-21(25-14)15-5-3-2-4-6-15)9-11-24-19-8-7-16(13-23)20-17(19)10-12-26-20/h2-8,10,12-13H,9,11H2,1H3/i1D3,2D,3D,4D,5D,6D,11D2. The molecular formula is C21H17NO3S. The molecule has 5 heteroatoms. The van der Waals surface area contributed by atoms with E-state index in [1.165, 1.54) is 23.5 Å². The van der Waals surface area contributed by atoms with Crippen LogP contribution in [0, 0.1) is 6.85 Å². The largest absolute Gasteiger partial charge is 0.493 e. The molecule has 0 aliphatic carbocycles. The van der Waals surface area contributed by atoms with Crippen LogP contribution in [-0.2, 0) is 6.42 Å². The van der Waals surface area contributed by atoms with Gasteiger partial charge >= 0.3 is 0 Å². The first-order chi connectivity index (χ1) is 16.7. The molecule has 0 aliphatic heterocycles. The minimum absolute atomic E-state index is 0.131. The Labute approximate surface area is 169 Å². The van der Waals surface area contributed by atoms with Gasteiger partial charge in [0.25, 0.3) is 0 Å². The molecule has 2 heterocycles. The van der Waals surface area contributed by atoms with Crippen LogP contribution < -0.4 is 4.74 Å². The average Bonchev–Trinajstić information content (AvgIpc) is 3.44. The summed E-state index contributed by atoms with van der Waals surface area (Å²) in [6.07, 6.45) is -0.0142. The Morgan fingerprint density at radius 1 is 1.35 bits per heavy atom. The van der Waals surface area contributed by atoms with Crippen LogP contribution in [0.3, 0.4) is 0 Å². The second-order valence-corrected chi connectivity index (χ2v) is 6.07. The van der Waals surface area contributed by atoms with Gasteiger partial charge in [0.15, 0.2) is 6.29 Å². The number of carbonyl (C=O) groups is 1. The van der Waals surface area contributed by atoms with Crippen molar-refractivity contribution < 1.29 is 27.7 Å². The third-order valence-corrected chi connectivity index (χ3v) is 4.53. The summed E-state index contributed by atoms with van der Waals surface area (Å²) < 4.78 is 91.2. The smallest absolute Gasteiger partial charge is 0.226 e. The number of aryl methyl sites for hydroxylation is 2. The van der Waals surface area contributed by atoms with Gasteiger partial charge in [0.2, 0.25) is 5.89 Å². The van der Waals surface area contributed by atoms with E-state index < -0.39 is 67.3 Å². The Hall–Kier alpha value is -2.92. The highest BCUT2D eigenvalue weighted by Crippen LogP contribution is 2.32. The van der Waals surface area contributed by atoms with Gasteiger partial charge in [-0.25, -0.2) is 4.98 Å². The van der Waals surface area contributed by atoms with Crippen molar-refractivity contribution in [2.45, 2.75) is 13.3 Å². The number of hydrogen-bond acceptors (Lipinski definition) is 5. The lowest BCUT2D eigenvalue weighted by atomic mass is 10.1. The number of carbonyl (C=O) groups excluding carboxylic acids is 1. The van der Waals surface area contributed by atoms with Crippen molar-refractivity contribution in [3.05, 3.63) is 70.8 Å². The van der Waals surface area contributed by atoms with E-state index in [1.54, 1.807) is 11.4 Å². The number of rotatable bonds is 6. The first-order valence-corrected chi connectivity index (χ1v) is 8.35. The van der Waals surface area contributed by atoms with Crippen LogP contribution in [0.2, 0.25) is 0 Å². The Kier molecular flexibility index (Phi) is 2.37. The van der Waals surface area contributed by atoms with Crippen LogP contribution in [0.5, 0.6) is 5.75 Å². The summed E-state index contributed by atoms with van der Waals surface area (Å²) in [6.45, 7) is -5.37. The number of ether oxygens (including phenoxy) is 1. The number of benzene rings is 2. The van der Waals surface area contributed by atoms with Crippen LogP contribution in [0.1, 0.15) is 35.5 Å². The molecule has 2 aromatic carbocycles. The average molecular weight is 373 g/mol. The normalized spacial score (nSPS) is 17.5. The molecule has 130 valence electrons. The Bertz CT molecular complexity index is 1460. The van der Waals surface area contributed by atoms with Gasteiger partial charge in [-0.3, -0.25) is 4.79 Å². The molecule has 0 radical (unpaired) electrons. The molecule has 0 spiro atoms. The molecule has 0 fully saturated rings. The van der Waals surface area contributed by atoms with Gasteiger partial charge in [-0.1, -0.05) is 18.1 Å². The molecule has 0 unspecified atom stereocenters. The Morgan fingerprint density at radius 3 is 3.04 bits per heavy atom. The number of hydrogen-bond donors (Lipinski definition) is 0. The van der Waals surface area contributed by atoms with Crippen molar-refractivity contribution in [1.82, 2.24) is 4.98 Å². The summed E-state index contributed by atoms with van der Waals surface area (Å²) in [6, 6.07) is 1.36. The van der Waals surface area contributed by atoms with Crippen molar-refractivity contribution in [2.75, 3.05) is 6.56 Å². The SMILES string of the molecule is [2H]c1c([2H])c([2H])c(-c2nc(CC([2H])([2H])Oc3ccc(C=O)c4sccc34)c(C([2H])([2H])[2H])o2)c([2H])c1[2H]. The highest BCUT2D eigenvalue weighted by atomic mass is 32.1. The quantitative estimate of drug-likeness (QED) is 0.430. The summed E-state index contributed by atoms with van der Waals surface area (Å²) in [5, 5.41) is 2.22. The predicted molar refractivity (Wildman–Crippen MR) is 103 cm³/mol. The van der Waals surface area contributed by atoms with Crippen LogP contribution in [0.4, 0.5) is 0 Å². The van der Waals surface area contributed by atoms with E-state index in [0.29, 0.717) is 21.9 Å². The fourth-order valence-electron chi connectivity index (χ4n) is 2.36. The predicted octanol–water partition coefficient (Wildman–Crippen LogP) is 5.30. The lowest BCUT2D eigenvalue weighted by Crippen LogP contribution is -2.03. The van der Waals surface area contributed by atoms with E-state index >= 15 is 0 Å². The summed E-state index contributed by atoms with van der Waals surface area (Å²) in [7, 11) is 0. The molecule has 0 aliphatic rings. The zero-order valence-electron chi connectivity index (χ0n) is 23.2. The molecule has 4 aromatic rings. The maximum absolute atomic E-state index is 11.3. The molecule has 26 heavy (non-hydrogen) atoms. The fourth-order valence-corrected chi connectivity index (χ4v) is 3.25. The fraction of sp³-hybridized carbons (Fsp3) is 0.143. The number of aromatic nitrogens is 1. The maximum Gasteiger partial charge on any atom is 0.226 e. The first kappa shape index (κ1) is 8.64. The van der Waals surface area contributed by atoms with Crippen molar-refractivity contribution in [1.29, 1.82) is 0 Å². The Balaban J connectivity index is 1.76. The molecular weight excluding hydrogens is 346 g/mol. The van der Waals surface area contributed by atoms with Gasteiger partial charge in [0, 0.05) is 31.7 Å². The summed E-state index contributed by atoms with van der Waals surface area (Å²) in [5.41, 5.74) is -0.381. The van der Waals surface area contributed by atoms with E-state index in [4.69, 9.17) is 22.9 Å². The zero-order valence-corrected chi connectivity index (χ0v) is 14.0. The molecule has 0 atom stereocenters. The van der Waals surface area contributed by atoms with Crippen molar-refractivity contribution in [2.24, 2.45) is 0 Å². The van der Waals surface area contributed by atoms with E-state index in [2.05, 4.69) is 4.98 Å². The van der Waals surface area contributed by atoms with Gasteiger partial charge < -0.3 is 9.15 Å². The van der Waals surface area contributed by atoms with Gasteiger partial charge in [0.1, 0.15) is 11.5 Å². The van der Waals surface area contributed by atoms with Crippen LogP contribution in [-0.4, -0.2) is 17.8 Å². The third-order valence-electron chi connectivity index (χ3n) is 3.57. The lowest BCUT2D eigenvalue weighted by molar-refractivity contribution is 0.112. The van der Waals surface area contributed by atoms with E-state index in [-0.39, 0.29) is 11.4 Å². The van der Waals surface area contributed by atoms with Gasteiger partial charge in [0.05, 0.1) is 21.8 Å². The number of fused-ring (bicyclic) bond motifs is 1. The number of oxazole rings is 1. The summed E-state index contributed by atoms with van der Waals surface area (Å²) in [5.74, 6) is -1.10. The molecule has 0 amide bonds. The number of nitrogens with zero attached hydrogens (tertiary/aromatic N) is 1. The Morgan fingerprint density at radius 2 is 2.23 bits per heavy atom. The number of thiophene rings is 1. The second-order valence-electron chi connectivity index (χ2n) is 5.15. The first-order valence-electron chi connectivity index (χ1n) is 12.5. The lowest BCUT2D eigenvalue weighted by Gasteiger charge is -2.07. The summed E-state index contributed by atoms with van der Waals surface area (Å²) in [4.78, 5) is 15.3. The van der Waals surface area contributed by atoms with E-state index in [9.17, 15) is 4.79 Å². The monoisotopic (exact) mass is 373 g/mol. The molecule has 0 saturated carbocycles. The van der Waals surface area contributed by atoms with E-state index in [1.807, 2.05) is 0 Å². The molecule has 4 rings (SSSR count). The van der Waals surface area contributed by atoms with Crippen LogP contribution in [0.15, 0.2) is 58.2 Å². The second kappa shape index (κ2) is 7.14. The van der Waals surface area contributed by atoms with Crippen molar-refractivity contribution in [3.63, 3.8) is 0 Å².